The summed E-state index contributed by atoms with van der Waals surface area (Å²) in [6.45, 7) is 1.56. The molecule has 27 heavy (non-hydrogen) atoms. The Labute approximate surface area is 156 Å². The topological polar surface area (TPSA) is 48.3 Å². The van der Waals surface area contributed by atoms with Crippen molar-refractivity contribution in [2.75, 3.05) is 6.61 Å². The molecule has 0 aliphatic rings. The van der Waals surface area contributed by atoms with Crippen LogP contribution in [0, 0.1) is 17.5 Å². The van der Waals surface area contributed by atoms with Crippen LogP contribution in [0.4, 0.5) is 13.2 Å². The van der Waals surface area contributed by atoms with Gasteiger partial charge in [0.15, 0.2) is 17.5 Å². The Morgan fingerprint density at radius 1 is 1.15 bits per heavy atom. The first-order valence-corrected chi connectivity index (χ1v) is 8.33. The third-order valence-corrected chi connectivity index (χ3v) is 4.21. The predicted octanol–water partition coefficient (Wildman–Crippen LogP) is 4.30. The molecule has 1 aromatic heterocycles. The second-order valence-electron chi connectivity index (χ2n) is 5.73. The van der Waals surface area contributed by atoms with Crippen molar-refractivity contribution in [3.8, 4) is 0 Å². The van der Waals surface area contributed by atoms with E-state index in [0.29, 0.717) is 16.7 Å². The molecular formula is C19H13ClF3NO3. The van der Waals surface area contributed by atoms with Crippen LogP contribution in [-0.2, 0) is 11.3 Å². The lowest BCUT2D eigenvalue weighted by atomic mass is 10.1. The van der Waals surface area contributed by atoms with E-state index < -0.39 is 45.3 Å². The number of aromatic nitrogens is 1. The second-order valence-corrected chi connectivity index (χ2v) is 6.17. The molecule has 0 amide bonds. The van der Waals surface area contributed by atoms with Gasteiger partial charge in [-0.25, -0.2) is 18.0 Å². The molecule has 0 fully saturated rings. The highest BCUT2D eigenvalue weighted by atomic mass is 35.5. The number of rotatable bonds is 4. The molecule has 0 atom stereocenters. The molecule has 0 spiro atoms. The number of esters is 1. The summed E-state index contributed by atoms with van der Waals surface area (Å²) in [7, 11) is 0. The Bertz CT molecular complexity index is 1090. The van der Waals surface area contributed by atoms with Gasteiger partial charge < -0.3 is 9.30 Å². The quantitative estimate of drug-likeness (QED) is 0.489. The molecule has 0 bridgehead atoms. The van der Waals surface area contributed by atoms with Crippen molar-refractivity contribution in [2.45, 2.75) is 13.5 Å². The third-order valence-electron chi connectivity index (χ3n) is 3.96. The second kappa shape index (κ2) is 7.44. The number of hydrogen-bond donors (Lipinski definition) is 0. The number of halogens is 4. The SMILES string of the molecule is CCOC(=O)c1cn(Cc2ccc(Cl)cc2)c2c(F)c(F)c(F)cc2c1=O. The highest BCUT2D eigenvalue weighted by Gasteiger charge is 2.23. The van der Waals surface area contributed by atoms with Gasteiger partial charge in [0.05, 0.1) is 17.5 Å². The normalized spacial score (nSPS) is 11.0. The number of fused-ring (bicyclic) bond motifs is 1. The Hall–Kier alpha value is -2.80. The zero-order valence-electron chi connectivity index (χ0n) is 14.1. The van der Waals surface area contributed by atoms with Gasteiger partial charge in [0, 0.05) is 17.8 Å². The highest BCUT2D eigenvalue weighted by Crippen LogP contribution is 2.23. The summed E-state index contributed by atoms with van der Waals surface area (Å²) in [5, 5.41) is 0.0286. The van der Waals surface area contributed by atoms with Crippen molar-refractivity contribution in [2.24, 2.45) is 0 Å². The lowest BCUT2D eigenvalue weighted by Gasteiger charge is -2.14. The van der Waals surface area contributed by atoms with Crippen molar-refractivity contribution >= 4 is 28.5 Å². The van der Waals surface area contributed by atoms with Crippen molar-refractivity contribution < 1.29 is 22.7 Å². The van der Waals surface area contributed by atoms with Crippen LogP contribution >= 0.6 is 11.6 Å². The summed E-state index contributed by atoms with van der Waals surface area (Å²) in [5.41, 5.74) is -1.14. The molecule has 0 aliphatic heterocycles. The lowest BCUT2D eigenvalue weighted by Crippen LogP contribution is -2.22. The zero-order valence-corrected chi connectivity index (χ0v) is 14.8. The largest absolute Gasteiger partial charge is 0.462 e. The standard InChI is InChI=1S/C19H13ClF3NO3/c1-2-27-19(26)13-9-24(8-10-3-5-11(20)6-4-10)17-12(18(13)25)7-14(21)15(22)16(17)23/h3-7,9H,2,8H2,1H3. The number of pyridine rings is 1. The smallest absolute Gasteiger partial charge is 0.343 e. The molecule has 0 saturated carbocycles. The van der Waals surface area contributed by atoms with Gasteiger partial charge in [-0.15, -0.1) is 0 Å². The van der Waals surface area contributed by atoms with Crippen LogP contribution in [0.3, 0.4) is 0 Å². The molecule has 4 nitrogen and oxygen atoms in total. The lowest BCUT2D eigenvalue weighted by molar-refractivity contribution is 0.0524. The molecule has 2 aromatic carbocycles. The van der Waals surface area contributed by atoms with Crippen LogP contribution in [0.25, 0.3) is 10.9 Å². The maximum Gasteiger partial charge on any atom is 0.343 e. The van der Waals surface area contributed by atoms with E-state index in [1.807, 2.05) is 0 Å². The van der Waals surface area contributed by atoms with E-state index in [9.17, 15) is 22.8 Å². The fraction of sp³-hybridized carbons (Fsp3) is 0.158. The Balaban J connectivity index is 2.30. The van der Waals surface area contributed by atoms with E-state index in [4.69, 9.17) is 16.3 Å². The molecule has 0 unspecified atom stereocenters. The van der Waals surface area contributed by atoms with E-state index in [-0.39, 0.29) is 13.2 Å². The first-order valence-electron chi connectivity index (χ1n) is 7.95. The van der Waals surface area contributed by atoms with Crippen LogP contribution < -0.4 is 5.43 Å². The van der Waals surface area contributed by atoms with Crippen molar-refractivity contribution in [3.05, 3.63) is 80.4 Å². The van der Waals surface area contributed by atoms with Crippen LogP contribution in [0.2, 0.25) is 5.02 Å². The van der Waals surface area contributed by atoms with Gasteiger partial charge in [0.2, 0.25) is 5.43 Å². The third kappa shape index (κ3) is 3.55. The average molecular weight is 396 g/mol. The van der Waals surface area contributed by atoms with E-state index >= 15 is 0 Å². The highest BCUT2D eigenvalue weighted by molar-refractivity contribution is 6.30. The molecule has 8 heteroatoms. The van der Waals surface area contributed by atoms with Crippen LogP contribution in [0.5, 0.6) is 0 Å². The molecule has 0 aliphatic carbocycles. The van der Waals surface area contributed by atoms with Gasteiger partial charge in [0.25, 0.3) is 0 Å². The molecule has 0 saturated heterocycles. The molecular weight excluding hydrogens is 383 g/mol. The minimum absolute atomic E-state index is 0.0116. The molecule has 3 aromatic rings. The molecule has 1 heterocycles. The van der Waals surface area contributed by atoms with Gasteiger partial charge in [-0.1, -0.05) is 23.7 Å². The zero-order chi connectivity index (χ0) is 19.7. The van der Waals surface area contributed by atoms with Gasteiger partial charge in [-0.05, 0) is 30.7 Å². The summed E-state index contributed by atoms with van der Waals surface area (Å²) in [5.74, 6) is -5.65. The molecule has 140 valence electrons. The van der Waals surface area contributed by atoms with E-state index in [1.54, 1.807) is 31.2 Å². The van der Waals surface area contributed by atoms with E-state index in [1.165, 1.54) is 4.57 Å². The summed E-state index contributed by atoms with van der Waals surface area (Å²) in [6, 6.07) is 7.08. The first-order chi connectivity index (χ1) is 12.8. The predicted molar refractivity (Wildman–Crippen MR) is 94.6 cm³/mol. The van der Waals surface area contributed by atoms with Crippen LogP contribution in [0.15, 0.2) is 41.3 Å². The fourth-order valence-electron chi connectivity index (χ4n) is 2.73. The number of nitrogens with zero attached hydrogens (tertiary/aromatic N) is 1. The van der Waals surface area contributed by atoms with E-state index in [2.05, 4.69) is 0 Å². The summed E-state index contributed by atoms with van der Waals surface area (Å²) in [4.78, 5) is 24.6. The average Bonchev–Trinajstić information content (AvgIpc) is 2.64. The molecule has 0 radical (unpaired) electrons. The number of ether oxygens (including phenoxy) is 1. The maximum atomic E-state index is 14.4. The number of benzene rings is 2. The van der Waals surface area contributed by atoms with Crippen molar-refractivity contribution in [1.29, 1.82) is 0 Å². The number of carbonyl (C=O) groups is 1. The first kappa shape index (κ1) is 19.0. The summed E-state index contributed by atoms with van der Waals surface area (Å²) in [6.07, 6.45) is 1.08. The Morgan fingerprint density at radius 3 is 2.44 bits per heavy atom. The summed E-state index contributed by atoms with van der Waals surface area (Å²) >= 11 is 5.83. The van der Waals surface area contributed by atoms with Crippen LogP contribution in [0.1, 0.15) is 22.8 Å². The van der Waals surface area contributed by atoms with Crippen LogP contribution in [-0.4, -0.2) is 17.1 Å². The van der Waals surface area contributed by atoms with Gasteiger partial charge >= 0.3 is 5.97 Å². The Morgan fingerprint density at radius 2 is 1.81 bits per heavy atom. The van der Waals surface area contributed by atoms with Crippen molar-refractivity contribution in [1.82, 2.24) is 4.57 Å². The Kier molecular flexibility index (Phi) is 5.23. The molecule has 0 N–H and O–H groups in total. The van der Waals surface area contributed by atoms with Crippen molar-refractivity contribution in [3.63, 3.8) is 0 Å². The minimum Gasteiger partial charge on any atom is -0.462 e. The number of carbonyl (C=O) groups excluding carboxylic acids is 1. The maximum absolute atomic E-state index is 14.4. The van der Waals surface area contributed by atoms with Gasteiger partial charge in [-0.2, -0.15) is 0 Å². The summed E-state index contributed by atoms with van der Waals surface area (Å²) < 4.78 is 47.9. The molecule has 3 rings (SSSR count). The number of hydrogen-bond acceptors (Lipinski definition) is 3. The fourth-order valence-corrected chi connectivity index (χ4v) is 2.85. The van der Waals surface area contributed by atoms with Gasteiger partial charge in [-0.3, -0.25) is 4.79 Å². The van der Waals surface area contributed by atoms with Gasteiger partial charge in [0.1, 0.15) is 5.56 Å². The minimum atomic E-state index is -1.70. The monoisotopic (exact) mass is 395 g/mol. The van der Waals surface area contributed by atoms with E-state index in [0.717, 1.165) is 6.20 Å².